The van der Waals surface area contributed by atoms with Crippen LogP contribution >= 0.6 is 12.4 Å². The molecule has 0 radical (unpaired) electrons. The van der Waals surface area contributed by atoms with Crippen molar-refractivity contribution in [3.05, 3.63) is 29.0 Å². The SMILES string of the molecule is Cl.O=C(O)c1c(C(F)(F)F)[nH]c2ccc3c(c12)CCN3. The van der Waals surface area contributed by atoms with Crippen LogP contribution in [0.4, 0.5) is 18.9 Å². The number of nitrogens with one attached hydrogen (secondary N) is 2. The van der Waals surface area contributed by atoms with Gasteiger partial charge in [-0.1, -0.05) is 0 Å². The van der Waals surface area contributed by atoms with Crippen molar-refractivity contribution in [3.63, 3.8) is 0 Å². The second kappa shape index (κ2) is 4.59. The number of carboxylic acid groups (broad SMARTS) is 1. The van der Waals surface area contributed by atoms with Gasteiger partial charge in [0.05, 0.1) is 5.56 Å². The lowest BCUT2D eigenvalue weighted by atomic mass is 10.0. The van der Waals surface area contributed by atoms with Gasteiger partial charge in [0.2, 0.25) is 0 Å². The first-order valence-corrected chi connectivity index (χ1v) is 5.61. The van der Waals surface area contributed by atoms with Gasteiger partial charge >= 0.3 is 12.1 Å². The molecule has 0 atom stereocenters. The van der Waals surface area contributed by atoms with Gasteiger partial charge in [0.25, 0.3) is 0 Å². The number of alkyl halides is 3. The average molecular weight is 307 g/mol. The number of aromatic nitrogens is 1. The van der Waals surface area contributed by atoms with Crippen LogP contribution in [0.25, 0.3) is 10.9 Å². The lowest BCUT2D eigenvalue weighted by Crippen LogP contribution is -2.12. The van der Waals surface area contributed by atoms with Gasteiger partial charge < -0.3 is 15.4 Å². The Bertz CT molecular complexity index is 694. The van der Waals surface area contributed by atoms with E-state index in [1.807, 2.05) is 0 Å². The monoisotopic (exact) mass is 306 g/mol. The first-order valence-electron chi connectivity index (χ1n) is 5.61. The fourth-order valence-corrected chi connectivity index (χ4v) is 2.53. The number of aromatic amines is 1. The van der Waals surface area contributed by atoms with Gasteiger partial charge in [-0.3, -0.25) is 0 Å². The Morgan fingerprint density at radius 1 is 1.30 bits per heavy atom. The first-order chi connectivity index (χ1) is 8.89. The maximum absolute atomic E-state index is 12.9. The van der Waals surface area contributed by atoms with E-state index in [4.69, 9.17) is 5.11 Å². The number of rotatable bonds is 1. The molecule has 0 saturated heterocycles. The van der Waals surface area contributed by atoms with E-state index in [0.29, 0.717) is 24.2 Å². The molecule has 0 saturated carbocycles. The van der Waals surface area contributed by atoms with E-state index in [1.54, 1.807) is 6.07 Å². The Labute approximate surface area is 117 Å². The zero-order valence-corrected chi connectivity index (χ0v) is 10.8. The fourth-order valence-electron chi connectivity index (χ4n) is 2.53. The number of aromatic carboxylic acids is 1. The van der Waals surface area contributed by atoms with E-state index in [2.05, 4.69) is 10.3 Å². The van der Waals surface area contributed by atoms with Gasteiger partial charge in [-0.15, -0.1) is 12.4 Å². The van der Waals surface area contributed by atoms with Crippen LogP contribution in [-0.4, -0.2) is 22.6 Å². The van der Waals surface area contributed by atoms with Crippen LogP contribution in [0.15, 0.2) is 12.1 Å². The average Bonchev–Trinajstić information content (AvgIpc) is 2.90. The summed E-state index contributed by atoms with van der Waals surface area (Å²) in [6.07, 6.45) is -4.20. The minimum Gasteiger partial charge on any atom is -0.478 e. The molecule has 1 aliphatic rings. The van der Waals surface area contributed by atoms with Gasteiger partial charge in [-0.2, -0.15) is 13.2 Å². The number of halogens is 4. The zero-order chi connectivity index (χ0) is 13.8. The van der Waals surface area contributed by atoms with Gasteiger partial charge in [0.1, 0.15) is 5.69 Å². The lowest BCUT2D eigenvalue weighted by molar-refractivity contribution is -0.141. The third kappa shape index (κ3) is 1.98. The van der Waals surface area contributed by atoms with Crippen LogP contribution in [0.1, 0.15) is 21.6 Å². The number of hydrogen-bond donors (Lipinski definition) is 3. The van der Waals surface area contributed by atoms with Crippen LogP contribution in [0.5, 0.6) is 0 Å². The number of fused-ring (bicyclic) bond motifs is 3. The topological polar surface area (TPSA) is 65.1 Å². The second-order valence-corrected chi connectivity index (χ2v) is 4.37. The molecule has 1 aromatic carbocycles. The zero-order valence-electron chi connectivity index (χ0n) is 9.97. The largest absolute Gasteiger partial charge is 0.478 e. The summed E-state index contributed by atoms with van der Waals surface area (Å²) in [5, 5.41) is 12.3. The van der Waals surface area contributed by atoms with Crippen LogP contribution in [-0.2, 0) is 12.6 Å². The van der Waals surface area contributed by atoms with E-state index in [-0.39, 0.29) is 23.3 Å². The highest BCUT2D eigenvalue weighted by Crippen LogP contribution is 2.39. The molecule has 0 fully saturated rings. The van der Waals surface area contributed by atoms with E-state index in [0.717, 1.165) is 0 Å². The van der Waals surface area contributed by atoms with E-state index < -0.39 is 23.4 Å². The van der Waals surface area contributed by atoms with Crippen LogP contribution in [0.2, 0.25) is 0 Å². The number of H-pyrrole nitrogens is 1. The van der Waals surface area contributed by atoms with Gasteiger partial charge in [0.15, 0.2) is 0 Å². The minimum atomic E-state index is -4.72. The van der Waals surface area contributed by atoms with Crippen molar-refractivity contribution in [1.29, 1.82) is 0 Å². The maximum atomic E-state index is 12.9. The lowest BCUT2D eigenvalue weighted by Gasteiger charge is -2.05. The summed E-state index contributed by atoms with van der Waals surface area (Å²) in [5.74, 6) is -1.57. The van der Waals surface area contributed by atoms with Crippen molar-refractivity contribution >= 4 is 35.0 Å². The number of anilines is 1. The molecular weight excluding hydrogens is 297 g/mol. The van der Waals surface area contributed by atoms with Crippen LogP contribution < -0.4 is 5.32 Å². The predicted octanol–water partition coefficient (Wildman–Crippen LogP) is 3.27. The summed E-state index contributed by atoms with van der Waals surface area (Å²) < 4.78 is 38.7. The standard InChI is InChI=1S/C12H9F3N2O2.ClH/c13-12(14,15)10-9(11(18)19)8-5-3-4-16-6(5)1-2-7(8)17-10;/h1-2,16-17H,3-4H2,(H,18,19);1H. The molecular formula is C12H10ClF3N2O2. The molecule has 0 spiro atoms. The highest BCUT2D eigenvalue weighted by atomic mass is 35.5. The Kier molecular flexibility index (Phi) is 3.33. The molecule has 0 amide bonds. The summed E-state index contributed by atoms with van der Waals surface area (Å²) >= 11 is 0. The third-order valence-electron chi connectivity index (χ3n) is 3.26. The number of hydrogen-bond acceptors (Lipinski definition) is 2. The van der Waals surface area contributed by atoms with Gasteiger partial charge in [0, 0.05) is 23.1 Å². The fraction of sp³-hybridized carbons (Fsp3) is 0.250. The first kappa shape index (κ1) is 14.5. The smallest absolute Gasteiger partial charge is 0.432 e. The van der Waals surface area contributed by atoms with Gasteiger partial charge in [-0.05, 0) is 24.1 Å². The van der Waals surface area contributed by atoms with Crippen LogP contribution in [0.3, 0.4) is 0 Å². The van der Waals surface area contributed by atoms with Crippen molar-refractivity contribution < 1.29 is 23.1 Å². The van der Waals surface area contributed by atoms with Crippen molar-refractivity contribution in [2.45, 2.75) is 12.6 Å². The molecule has 3 rings (SSSR count). The molecule has 3 N–H and O–H groups in total. The molecule has 1 aromatic heterocycles. The normalized spacial score (nSPS) is 13.8. The predicted molar refractivity (Wildman–Crippen MR) is 69.7 cm³/mol. The molecule has 108 valence electrons. The second-order valence-electron chi connectivity index (χ2n) is 4.37. The van der Waals surface area contributed by atoms with Crippen molar-refractivity contribution in [2.75, 3.05) is 11.9 Å². The molecule has 0 aliphatic carbocycles. The van der Waals surface area contributed by atoms with E-state index >= 15 is 0 Å². The summed E-state index contributed by atoms with van der Waals surface area (Å²) in [4.78, 5) is 13.4. The molecule has 2 aromatic rings. The van der Waals surface area contributed by atoms with E-state index in [1.165, 1.54) is 6.07 Å². The minimum absolute atomic E-state index is 0. The molecule has 0 bridgehead atoms. The summed E-state index contributed by atoms with van der Waals surface area (Å²) in [5.41, 5.74) is -0.366. The summed E-state index contributed by atoms with van der Waals surface area (Å²) in [6.45, 7) is 0.597. The Balaban J connectivity index is 0.00000147. The number of carboxylic acids is 1. The van der Waals surface area contributed by atoms with Crippen molar-refractivity contribution in [1.82, 2.24) is 4.98 Å². The van der Waals surface area contributed by atoms with E-state index in [9.17, 15) is 18.0 Å². The Morgan fingerprint density at radius 3 is 2.60 bits per heavy atom. The number of benzene rings is 1. The molecule has 1 aliphatic heterocycles. The third-order valence-corrected chi connectivity index (χ3v) is 3.26. The van der Waals surface area contributed by atoms with Crippen molar-refractivity contribution in [3.8, 4) is 0 Å². The molecule has 2 heterocycles. The summed E-state index contributed by atoms with van der Waals surface area (Å²) in [7, 11) is 0. The highest BCUT2D eigenvalue weighted by Gasteiger charge is 2.39. The number of carbonyl (C=O) groups is 1. The highest BCUT2D eigenvalue weighted by molar-refractivity contribution is 6.08. The Morgan fingerprint density at radius 2 is 2.00 bits per heavy atom. The molecule has 20 heavy (non-hydrogen) atoms. The van der Waals surface area contributed by atoms with Crippen LogP contribution in [0, 0.1) is 0 Å². The Hall–Kier alpha value is -1.89. The molecule has 8 heteroatoms. The maximum Gasteiger partial charge on any atom is 0.432 e. The summed E-state index contributed by atoms with van der Waals surface area (Å²) in [6, 6.07) is 3.13. The molecule has 0 unspecified atom stereocenters. The molecule has 4 nitrogen and oxygen atoms in total. The van der Waals surface area contributed by atoms with Crippen molar-refractivity contribution in [2.24, 2.45) is 0 Å². The quantitative estimate of drug-likeness (QED) is 0.757. The van der Waals surface area contributed by atoms with Gasteiger partial charge in [-0.25, -0.2) is 4.79 Å².